The van der Waals surface area contributed by atoms with Crippen LogP contribution in [-0.4, -0.2) is 12.0 Å². The van der Waals surface area contributed by atoms with E-state index in [2.05, 4.69) is 53.5 Å². The van der Waals surface area contributed by atoms with Gasteiger partial charge in [-0.2, -0.15) is 0 Å². The van der Waals surface area contributed by atoms with Gasteiger partial charge in [0.15, 0.2) is 0 Å². The summed E-state index contributed by atoms with van der Waals surface area (Å²) in [6.45, 7) is 4.97. The first-order chi connectivity index (χ1) is 9.11. The molecule has 0 radical (unpaired) electrons. The van der Waals surface area contributed by atoms with Crippen molar-refractivity contribution in [2.24, 2.45) is 5.73 Å². The minimum atomic E-state index is 0.0934. The number of nitrogens with zero attached hydrogens (tertiary/aromatic N) is 2. The summed E-state index contributed by atoms with van der Waals surface area (Å²) < 4.78 is 0. The summed E-state index contributed by atoms with van der Waals surface area (Å²) in [5, 5.41) is 3.23. The number of nitrogens with two attached hydrogens (primary N) is 1. The average Bonchev–Trinajstić information content (AvgIpc) is 2.83. The molecule has 4 heteroatoms. The second kappa shape index (κ2) is 6.17. The number of hydrogen-bond acceptors (Lipinski definition) is 4. The van der Waals surface area contributed by atoms with Gasteiger partial charge >= 0.3 is 0 Å². The molecular formula is C15H21N3S. The van der Waals surface area contributed by atoms with E-state index in [9.17, 15) is 0 Å². The van der Waals surface area contributed by atoms with Crippen molar-refractivity contribution in [3.63, 3.8) is 0 Å². The standard InChI is InChI=1S/C15H21N3S/c1-4-14(16)13-7-5-6-8-15(13)18(3)9-12-10-19-11(2)17-12/h5-8,10,14H,4,9,16H2,1-3H3. The van der Waals surface area contributed by atoms with Crippen molar-refractivity contribution in [3.8, 4) is 0 Å². The lowest BCUT2D eigenvalue weighted by Gasteiger charge is -2.24. The summed E-state index contributed by atoms with van der Waals surface area (Å²) in [6, 6.07) is 8.45. The Morgan fingerprint density at radius 3 is 2.74 bits per heavy atom. The molecule has 0 saturated heterocycles. The van der Waals surface area contributed by atoms with Crippen molar-refractivity contribution in [2.75, 3.05) is 11.9 Å². The lowest BCUT2D eigenvalue weighted by atomic mass is 10.0. The van der Waals surface area contributed by atoms with Gasteiger partial charge < -0.3 is 10.6 Å². The van der Waals surface area contributed by atoms with Crippen LogP contribution in [0.3, 0.4) is 0 Å². The molecule has 0 bridgehead atoms. The topological polar surface area (TPSA) is 42.1 Å². The molecule has 0 aliphatic carbocycles. The van der Waals surface area contributed by atoms with Crippen molar-refractivity contribution in [2.45, 2.75) is 32.9 Å². The summed E-state index contributed by atoms with van der Waals surface area (Å²) in [7, 11) is 2.09. The fraction of sp³-hybridized carbons (Fsp3) is 0.400. The van der Waals surface area contributed by atoms with Crippen LogP contribution in [0.25, 0.3) is 0 Å². The van der Waals surface area contributed by atoms with E-state index in [0.717, 1.165) is 23.7 Å². The van der Waals surface area contributed by atoms with E-state index in [1.165, 1.54) is 11.3 Å². The van der Waals surface area contributed by atoms with Crippen LogP contribution in [0.4, 0.5) is 5.69 Å². The highest BCUT2D eigenvalue weighted by Gasteiger charge is 2.13. The third-order valence-corrected chi connectivity index (χ3v) is 4.08. The Bertz CT molecular complexity index is 536. The molecule has 0 fully saturated rings. The zero-order chi connectivity index (χ0) is 13.8. The second-order valence-electron chi connectivity index (χ2n) is 4.79. The zero-order valence-electron chi connectivity index (χ0n) is 11.8. The third kappa shape index (κ3) is 3.33. The highest BCUT2D eigenvalue weighted by Crippen LogP contribution is 2.27. The number of thiazole rings is 1. The number of benzene rings is 1. The quantitative estimate of drug-likeness (QED) is 0.908. The Labute approximate surface area is 119 Å². The van der Waals surface area contributed by atoms with E-state index in [1.54, 1.807) is 11.3 Å². The Morgan fingerprint density at radius 1 is 1.37 bits per heavy atom. The Morgan fingerprint density at radius 2 is 2.11 bits per heavy atom. The lowest BCUT2D eigenvalue weighted by Crippen LogP contribution is -2.21. The van der Waals surface area contributed by atoms with Crippen molar-refractivity contribution in [3.05, 3.63) is 45.9 Å². The maximum atomic E-state index is 6.19. The molecule has 0 saturated carbocycles. The molecule has 1 heterocycles. The van der Waals surface area contributed by atoms with Crippen LogP contribution < -0.4 is 10.6 Å². The summed E-state index contributed by atoms with van der Waals surface area (Å²) in [4.78, 5) is 6.74. The van der Waals surface area contributed by atoms with Crippen LogP contribution in [0.5, 0.6) is 0 Å². The molecular weight excluding hydrogens is 254 g/mol. The molecule has 1 aromatic heterocycles. The van der Waals surface area contributed by atoms with E-state index in [1.807, 2.05) is 6.92 Å². The lowest BCUT2D eigenvalue weighted by molar-refractivity contribution is 0.693. The van der Waals surface area contributed by atoms with E-state index >= 15 is 0 Å². The summed E-state index contributed by atoms with van der Waals surface area (Å²) in [5.41, 5.74) is 9.71. The summed E-state index contributed by atoms with van der Waals surface area (Å²) >= 11 is 1.69. The minimum absolute atomic E-state index is 0.0934. The largest absolute Gasteiger partial charge is 0.368 e. The van der Waals surface area contributed by atoms with Gasteiger partial charge in [0.1, 0.15) is 0 Å². The van der Waals surface area contributed by atoms with Gasteiger partial charge in [-0.25, -0.2) is 4.98 Å². The highest BCUT2D eigenvalue weighted by atomic mass is 32.1. The molecule has 1 atom stereocenters. The third-order valence-electron chi connectivity index (χ3n) is 3.25. The molecule has 0 aliphatic heterocycles. The van der Waals surface area contributed by atoms with E-state index < -0.39 is 0 Å². The van der Waals surface area contributed by atoms with Crippen LogP contribution in [-0.2, 0) is 6.54 Å². The molecule has 0 aliphatic rings. The monoisotopic (exact) mass is 275 g/mol. The normalized spacial score (nSPS) is 12.4. The van der Waals surface area contributed by atoms with Gasteiger partial charge in [0, 0.05) is 24.2 Å². The summed E-state index contributed by atoms with van der Waals surface area (Å²) in [5.74, 6) is 0. The van der Waals surface area contributed by atoms with Gasteiger partial charge in [-0.15, -0.1) is 11.3 Å². The summed E-state index contributed by atoms with van der Waals surface area (Å²) in [6.07, 6.45) is 0.945. The number of aryl methyl sites for hydroxylation is 1. The first-order valence-corrected chi connectivity index (χ1v) is 7.46. The number of rotatable bonds is 5. The molecule has 1 aromatic carbocycles. The molecule has 0 spiro atoms. The molecule has 19 heavy (non-hydrogen) atoms. The zero-order valence-corrected chi connectivity index (χ0v) is 12.6. The van der Waals surface area contributed by atoms with Gasteiger partial charge in [0.2, 0.25) is 0 Å². The molecule has 1 unspecified atom stereocenters. The van der Waals surface area contributed by atoms with Gasteiger partial charge in [0.25, 0.3) is 0 Å². The van der Waals surface area contributed by atoms with Crippen molar-refractivity contribution < 1.29 is 0 Å². The van der Waals surface area contributed by atoms with Gasteiger partial charge in [-0.1, -0.05) is 25.1 Å². The Balaban J connectivity index is 2.21. The molecule has 102 valence electrons. The fourth-order valence-electron chi connectivity index (χ4n) is 2.18. The smallest absolute Gasteiger partial charge is 0.0898 e. The maximum Gasteiger partial charge on any atom is 0.0898 e. The number of anilines is 1. The van der Waals surface area contributed by atoms with Gasteiger partial charge in [-0.05, 0) is 25.0 Å². The van der Waals surface area contributed by atoms with Crippen LogP contribution in [0.1, 0.15) is 35.7 Å². The first-order valence-electron chi connectivity index (χ1n) is 6.58. The van der Waals surface area contributed by atoms with Crippen molar-refractivity contribution in [1.82, 2.24) is 4.98 Å². The van der Waals surface area contributed by atoms with Gasteiger partial charge in [-0.3, -0.25) is 0 Å². The minimum Gasteiger partial charge on any atom is -0.368 e. The number of para-hydroxylation sites is 1. The number of hydrogen-bond donors (Lipinski definition) is 1. The highest BCUT2D eigenvalue weighted by molar-refractivity contribution is 7.09. The first kappa shape index (κ1) is 14.0. The SMILES string of the molecule is CCC(N)c1ccccc1N(C)Cc1csc(C)n1. The molecule has 2 aromatic rings. The van der Waals surface area contributed by atoms with Crippen LogP contribution in [0, 0.1) is 6.92 Å². The predicted octanol–water partition coefficient (Wildman–Crippen LogP) is 3.50. The molecule has 0 amide bonds. The molecule has 2 rings (SSSR count). The second-order valence-corrected chi connectivity index (χ2v) is 5.85. The molecule has 3 nitrogen and oxygen atoms in total. The van der Waals surface area contributed by atoms with Gasteiger partial charge in [0.05, 0.1) is 17.2 Å². The van der Waals surface area contributed by atoms with Crippen LogP contribution in [0.2, 0.25) is 0 Å². The molecule has 2 N–H and O–H groups in total. The van der Waals surface area contributed by atoms with Crippen LogP contribution >= 0.6 is 11.3 Å². The van der Waals surface area contributed by atoms with E-state index in [4.69, 9.17) is 5.73 Å². The number of aromatic nitrogens is 1. The van der Waals surface area contributed by atoms with E-state index in [-0.39, 0.29) is 6.04 Å². The Hall–Kier alpha value is -1.39. The maximum absolute atomic E-state index is 6.19. The van der Waals surface area contributed by atoms with E-state index in [0.29, 0.717) is 0 Å². The van der Waals surface area contributed by atoms with Crippen LogP contribution in [0.15, 0.2) is 29.6 Å². The fourth-order valence-corrected chi connectivity index (χ4v) is 2.78. The van der Waals surface area contributed by atoms with Crippen molar-refractivity contribution in [1.29, 1.82) is 0 Å². The average molecular weight is 275 g/mol. The van der Waals surface area contributed by atoms with Crippen molar-refractivity contribution >= 4 is 17.0 Å². The predicted molar refractivity (Wildman–Crippen MR) is 82.6 cm³/mol. The Kier molecular flexibility index (Phi) is 4.56.